The van der Waals surface area contributed by atoms with Crippen LogP contribution in [0.2, 0.25) is 0 Å². The van der Waals surface area contributed by atoms with Crippen molar-refractivity contribution in [2.45, 2.75) is 6.42 Å². The SMILES string of the molecule is O=C(Cc1c[nH]c2ccccc12)NNC(=O)c1cncc(Br)c1. The predicted molar refractivity (Wildman–Crippen MR) is 89.5 cm³/mol. The van der Waals surface area contributed by atoms with E-state index in [0.29, 0.717) is 10.0 Å². The molecule has 0 spiro atoms. The number of rotatable bonds is 3. The molecule has 2 heterocycles. The highest BCUT2D eigenvalue weighted by molar-refractivity contribution is 9.10. The maximum Gasteiger partial charge on any atom is 0.271 e. The summed E-state index contributed by atoms with van der Waals surface area (Å²) in [6.07, 6.45) is 4.96. The number of aromatic amines is 1. The third kappa shape index (κ3) is 3.57. The molecule has 3 N–H and O–H groups in total. The van der Waals surface area contributed by atoms with Gasteiger partial charge in [-0.1, -0.05) is 18.2 Å². The molecule has 0 unspecified atom stereocenters. The Balaban J connectivity index is 1.60. The highest BCUT2D eigenvalue weighted by Crippen LogP contribution is 2.17. The second-order valence-corrected chi connectivity index (χ2v) is 5.85. The van der Waals surface area contributed by atoms with Crippen molar-refractivity contribution in [1.82, 2.24) is 20.8 Å². The van der Waals surface area contributed by atoms with E-state index in [4.69, 9.17) is 0 Å². The zero-order chi connectivity index (χ0) is 16.2. The maximum absolute atomic E-state index is 12.0. The number of para-hydroxylation sites is 1. The Hall–Kier alpha value is -2.67. The predicted octanol–water partition coefficient (Wildman–Crippen LogP) is 2.33. The number of amides is 2. The van der Waals surface area contributed by atoms with E-state index >= 15 is 0 Å². The molecule has 2 amide bonds. The molecule has 0 aliphatic carbocycles. The van der Waals surface area contributed by atoms with Crippen LogP contribution in [0.25, 0.3) is 10.9 Å². The van der Waals surface area contributed by atoms with Gasteiger partial charge in [-0.2, -0.15) is 0 Å². The fraction of sp³-hybridized carbons (Fsp3) is 0.0625. The molecule has 0 aliphatic rings. The Morgan fingerprint density at radius 1 is 1.17 bits per heavy atom. The standard InChI is InChI=1S/C16H13BrN4O2/c17-12-5-11(7-18-9-12)16(23)21-20-15(22)6-10-8-19-14-4-2-1-3-13(10)14/h1-5,7-9,19H,6H2,(H,20,22)(H,21,23). The van der Waals surface area contributed by atoms with Crippen LogP contribution in [0.1, 0.15) is 15.9 Å². The number of nitrogens with one attached hydrogen (secondary N) is 3. The molecule has 3 rings (SSSR count). The molecule has 0 aliphatic heterocycles. The summed E-state index contributed by atoms with van der Waals surface area (Å²) in [7, 11) is 0. The smallest absolute Gasteiger partial charge is 0.271 e. The third-order valence-corrected chi connectivity index (χ3v) is 3.74. The molecule has 0 bridgehead atoms. The molecule has 0 radical (unpaired) electrons. The van der Waals surface area contributed by atoms with E-state index in [1.807, 2.05) is 24.3 Å². The van der Waals surface area contributed by atoms with Crippen LogP contribution < -0.4 is 10.9 Å². The lowest BCUT2D eigenvalue weighted by molar-refractivity contribution is -0.121. The van der Waals surface area contributed by atoms with Crippen LogP contribution in [0.4, 0.5) is 0 Å². The van der Waals surface area contributed by atoms with E-state index in [2.05, 4.69) is 36.7 Å². The number of nitrogens with zero attached hydrogens (tertiary/aromatic N) is 1. The van der Waals surface area contributed by atoms with E-state index in [0.717, 1.165) is 16.5 Å². The highest BCUT2D eigenvalue weighted by atomic mass is 79.9. The number of hydrogen-bond donors (Lipinski definition) is 3. The summed E-state index contributed by atoms with van der Waals surface area (Å²) in [5.41, 5.74) is 6.98. The molecule has 0 saturated carbocycles. The Bertz CT molecular complexity index is 875. The average molecular weight is 373 g/mol. The highest BCUT2D eigenvalue weighted by Gasteiger charge is 2.11. The first-order valence-electron chi connectivity index (χ1n) is 6.88. The summed E-state index contributed by atoms with van der Waals surface area (Å²) in [5, 5.41) is 0.991. The van der Waals surface area contributed by atoms with Crippen molar-refractivity contribution in [1.29, 1.82) is 0 Å². The number of aromatic nitrogens is 2. The normalized spacial score (nSPS) is 10.5. The maximum atomic E-state index is 12.0. The lowest BCUT2D eigenvalue weighted by Crippen LogP contribution is -2.42. The van der Waals surface area contributed by atoms with Crippen molar-refractivity contribution < 1.29 is 9.59 Å². The third-order valence-electron chi connectivity index (χ3n) is 3.31. The van der Waals surface area contributed by atoms with Crippen LogP contribution in [-0.2, 0) is 11.2 Å². The Kier molecular flexibility index (Phi) is 4.38. The van der Waals surface area contributed by atoms with Gasteiger partial charge in [0.25, 0.3) is 5.91 Å². The fourth-order valence-electron chi connectivity index (χ4n) is 2.23. The van der Waals surface area contributed by atoms with E-state index in [9.17, 15) is 9.59 Å². The summed E-state index contributed by atoms with van der Waals surface area (Å²) >= 11 is 3.24. The molecular formula is C16H13BrN4O2. The first kappa shape index (κ1) is 15.2. The fourth-order valence-corrected chi connectivity index (χ4v) is 2.59. The largest absolute Gasteiger partial charge is 0.361 e. The molecule has 7 heteroatoms. The van der Waals surface area contributed by atoms with Crippen molar-refractivity contribution in [3.63, 3.8) is 0 Å². The van der Waals surface area contributed by atoms with E-state index in [1.165, 1.54) is 6.20 Å². The summed E-state index contributed by atoms with van der Waals surface area (Å²) in [5.74, 6) is -0.725. The summed E-state index contributed by atoms with van der Waals surface area (Å²) < 4.78 is 0.690. The number of carbonyl (C=O) groups excluding carboxylic acids is 2. The van der Waals surface area contributed by atoms with Crippen molar-refractivity contribution in [3.05, 3.63) is 64.5 Å². The van der Waals surface area contributed by atoms with Gasteiger partial charge in [0.1, 0.15) is 0 Å². The average Bonchev–Trinajstić information content (AvgIpc) is 2.96. The van der Waals surface area contributed by atoms with Crippen LogP contribution in [0, 0.1) is 0 Å². The Morgan fingerprint density at radius 3 is 2.83 bits per heavy atom. The van der Waals surface area contributed by atoms with Gasteiger partial charge < -0.3 is 4.98 Å². The molecule has 0 atom stereocenters. The Morgan fingerprint density at radius 2 is 2.00 bits per heavy atom. The van der Waals surface area contributed by atoms with Crippen LogP contribution in [0.15, 0.2) is 53.4 Å². The second-order valence-electron chi connectivity index (χ2n) is 4.93. The molecule has 116 valence electrons. The number of pyridine rings is 1. The number of benzene rings is 1. The van der Waals surface area contributed by atoms with Crippen LogP contribution in [-0.4, -0.2) is 21.8 Å². The monoisotopic (exact) mass is 372 g/mol. The number of carbonyl (C=O) groups is 2. The number of halogens is 1. The summed E-state index contributed by atoms with van der Waals surface area (Å²) in [6.45, 7) is 0. The van der Waals surface area contributed by atoms with Gasteiger partial charge in [-0.3, -0.25) is 25.4 Å². The van der Waals surface area contributed by atoms with E-state index in [1.54, 1.807) is 18.5 Å². The van der Waals surface area contributed by atoms with Crippen LogP contribution >= 0.6 is 15.9 Å². The van der Waals surface area contributed by atoms with Crippen molar-refractivity contribution >= 4 is 38.6 Å². The molecule has 0 fully saturated rings. The summed E-state index contributed by atoms with van der Waals surface area (Å²) in [6, 6.07) is 9.35. The number of hydrazine groups is 1. The van der Waals surface area contributed by atoms with Gasteiger partial charge in [0.05, 0.1) is 12.0 Å². The zero-order valence-corrected chi connectivity index (χ0v) is 13.6. The molecule has 2 aromatic heterocycles. The van der Waals surface area contributed by atoms with Crippen molar-refractivity contribution in [3.8, 4) is 0 Å². The zero-order valence-electron chi connectivity index (χ0n) is 12.0. The van der Waals surface area contributed by atoms with E-state index < -0.39 is 5.91 Å². The molecular weight excluding hydrogens is 360 g/mol. The summed E-state index contributed by atoms with van der Waals surface area (Å²) in [4.78, 5) is 30.9. The van der Waals surface area contributed by atoms with Gasteiger partial charge in [-0.25, -0.2) is 0 Å². The lowest BCUT2D eigenvalue weighted by atomic mass is 10.1. The minimum atomic E-state index is -0.425. The van der Waals surface area contributed by atoms with E-state index in [-0.39, 0.29) is 12.3 Å². The molecule has 6 nitrogen and oxygen atoms in total. The molecule has 3 aromatic rings. The lowest BCUT2D eigenvalue weighted by Gasteiger charge is -2.07. The quantitative estimate of drug-likeness (QED) is 0.616. The molecule has 1 aromatic carbocycles. The minimum Gasteiger partial charge on any atom is -0.361 e. The van der Waals surface area contributed by atoms with Gasteiger partial charge in [-0.15, -0.1) is 0 Å². The topological polar surface area (TPSA) is 86.9 Å². The number of H-pyrrole nitrogens is 1. The molecule has 0 saturated heterocycles. The van der Waals surface area contributed by atoms with Gasteiger partial charge in [-0.05, 0) is 33.6 Å². The number of hydrogen-bond acceptors (Lipinski definition) is 3. The van der Waals surface area contributed by atoms with Crippen LogP contribution in [0.5, 0.6) is 0 Å². The minimum absolute atomic E-state index is 0.168. The van der Waals surface area contributed by atoms with Gasteiger partial charge in [0, 0.05) is 34.0 Å². The number of fused-ring (bicyclic) bond motifs is 1. The first-order chi connectivity index (χ1) is 11.1. The Labute approximate surface area is 140 Å². The van der Waals surface area contributed by atoms with Crippen molar-refractivity contribution in [2.75, 3.05) is 0 Å². The van der Waals surface area contributed by atoms with Crippen molar-refractivity contribution in [2.24, 2.45) is 0 Å². The first-order valence-corrected chi connectivity index (χ1v) is 7.67. The van der Waals surface area contributed by atoms with Crippen LogP contribution in [0.3, 0.4) is 0 Å². The van der Waals surface area contributed by atoms with Gasteiger partial charge >= 0.3 is 0 Å². The molecule has 23 heavy (non-hydrogen) atoms. The van der Waals surface area contributed by atoms with Gasteiger partial charge in [0.15, 0.2) is 0 Å². The van der Waals surface area contributed by atoms with Gasteiger partial charge in [0.2, 0.25) is 5.91 Å². The second kappa shape index (κ2) is 6.62.